The van der Waals surface area contributed by atoms with E-state index >= 15 is 0 Å². The number of nitrogens with two attached hydrogens (primary N) is 1. The molecule has 4 rings (SSSR count). The number of rotatable bonds is 3. The molecule has 0 saturated carbocycles. The Bertz CT molecular complexity index is 914. The van der Waals surface area contributed by atoms with Gasteiger partial charge in [0.15, 0.2) is 0 Å². The lowest BCUT2D eigenvalue weighted by Gasteiger charge is -2.30. The van der Waals surface area contributed by atoms with Crippen LogP contribution in [0, 0.1) is 11.3 Å². The Morgan fingerprint density at radius 1 is 1.50 bits per heavy atom. The topological polar surface area (TPSA) is 89.8 Å². The summed E-state index contributed by atoms with van der Waals surface area (Å²) in [5.74, 6) is 0.875. The molecule has 4 heterocycles. The summed E-state index contributed by atoms with van der Waals surface area (Å²) in [6.07, 6.45) is 4.18. The van der Waals surface area contributed by atoms with E-state index in [1.54, 1.807) is 11.3 Å². The van der Waals surface area contributed by atoms with Gasteiger partial charge in [-0.05, 0) is 31.2 Å². The molecular weight excluding hydrogens is 322 g/mol. The molecule has 3 aromatic rings. The lowest BCUT2D eigenvalue weighted by Crippen LogP contribution is -2.29. The third-order valence-corrected chi connectivity index (χ3v) is 5.50. The number of fused-ring (bicyclic) bond motifs is 3. The van der Waals surface area contributed by atoms with Crippen LogP contribution in [0.2, 0.25) is 0 Å². The van der Waals surface area contributed by atoms with Crippen molar-refractivity contribution in [1.82, 2.24) is 14.5 Å². The first-order valence-electron chi connectivity index (χ1n) is 8.17. The molecule has 0 aromatic carbocycles. The minimum absolute atomic E-state index is 0.0446. The van der Waals surface area contributed by atoms with Crippen LogP contribution in [0.5, 0.6) is 0 Å². The third-order valence-electron chi connectivity index (χ3n) is 4.59. The summed E-state index contributed by atoms with van der Waals surface area (Å²) in [5.41, 5.74) is 9.18. The summed E-state index contributed by atoms with van der Waals surface area (Å²) in [6, 6.07) is 4.26. The highest BCUT2D eigenvalue weighted by Crippen LogP contribution is 2.35. The Labute approximate surface area is 143 Å². The van der Waals surface area contributed by atoms with Gasteiger partial charge in [-0.2, -0.15) is 5.26 Å². The van der Waals surface area contributed by atoms with E-state index in [1.165, 1.54) is 0 Å². The smallest absolute Gasteiger partial charge is 0.127 e. The van der Waals surface area contributed by atoms with E-state index in [0.717, 1.165) is 39.9 Å². The summed E-state index contributed by atoms with van der Waals surface area (Å²) < 4.78 is 9.31. The number of nitriles is 1. The van der Waals surface area contributed by atoms with Crippen LogP contribution in [0.25, 0.3) is 21.3 Å². The number of pyridine rings is 1. The Hall–Kier alpha value is -2.01. The number of thiophene rings is 1. The summed E-state index contributed by atoms with van der Waals surface area (Å²) in [7, 11) is 0. The molecule has 124 valence electrons. The van der Waals surface area contributed by atoms with E-state index in [0.29, 0.717) is 13.0 Å². The first-order chi connectivity index (χ1) is 11.7. The van der Waals surface area contributed by atoms with Crippen LogP contribution < -0.4 is 5.73 Å². The van der Waals surface area contributed by atoms with Crippen molar-refractivity contribution in [3.05, 3.63) is 23.5 Å². The van der Waals surface area contributed by atoms with Crippen molar-refractivity contribution in [2.24, 2.45) is 5.73 Å². The maximum Gasteiger partial charge on any atom is 0.127 e. The first kappa shape index (κ1) is 15.5. The fraction of sp³-hybridized carbons (Fsp3) is 0.471. The SMILES string of the molecule is CC(N)c1nc2cnc3ccsc3c2n1C1CCC(CC#N)OC1. The minimum Gasteiger partial charge on any atom is -0.375 e. The Balaban J connectivity index is 1.82. The summed E-state index contributed by atoms with van der Waals surface area (Å²) in [4.78, 5) is 9.24. The number of hydrogen-bond acceptors (Lipinski definition) is 6. The quantitative estimate of drug-likeness (QED) is 0.789. The minimum atomic E-state index is -0.163. The van der Waals surface area contributed by atoms with Crippen LogP contribution in [0.4, 0.5) is 0 Å². The van der Waals surface area contributed by atoms with Crippen LogP contribution in [0.1, 0.15) is 44.1 Å². The van der Waals surface area contributed by atoms with Crippen LogP contribution in [-0.2, 0) is 4.74 Å². The maximum absolute atomic E-state index is 8.85. The van der Waals surface area contributed by atoms with E-state index in [9.17, 15) is 0 Å². The molecule has 6 nitrogen and oxygen atoms in total. The molecule has 0 aliphatic carbocycles. The van der Waals surface area contributed by atoms with Gasteiger partial charge in [-0.25, -0.2) is 4.98 Å². The Morgan fingerprint density at radius 2 is 2.38 bits per heavy atom. The van der Waals surface area contributed by atoms with Gasteiger partial charge in [0.1, 0.15) is 11.3 Å². The van der Waals surface area contributed by atoms with Crippen molar-refractivity contribution in [1.29, 1.82) is 5.26 Å². The summed E-state index contributed by atoms with van der Waals surface area (Å²) in [6.45, 7) is 2.55. The monoisotopic (exact) mass is 341 g/mol. The summed E-state index contributed by atoms with van der Waals surface area (Å²) in [5, 5.41) is 10.9. The van der Waals surface area contributed by atoms with Gasteiger partial charge in [0.25, 0.3) is 0 Å². The highest BCUT2D eigenvalue weighted by atomic mass is 32.1. The molecule has 0 bridgehead atoms. The lowest BCUT2D eigenvalue weighted by molar-refractivity contribution is -0.00836. The molecular formula is C17H19N5OS. The number of hydrogen-bond donors (Lipinski definition) is 1. The van der Waals surface area contributed by atoms with Crippen molar-refractivity contribution < 1.29 is 4.74 Å². The molecule has 1 aliphatic heterocycles. The third kappa shape index (κ3) is 2.47. The van der Waals surface area contributed by atoms with Gasteiger partial charge in [-0.15, -0.1) is 11.3 Å². The number of ether oxygens (including phenoxy) is 1. The van der Waals surface area contributed by atoms with Gasteiger partial charge in [0.05, 0.1) is 59.2 Å². The highest BCUT2D eigenvalue weighted by Gasteiger charge is 2.28. The van der Waals surface area contributed by atoms with E-state index < -0.39 is 0 Å². The van der Waals surface area contributed by atoms with Crippen LogP contribution in [-0.4, -0.2) is 27.2 Å². The number of imidazole rings is 1. The molecule has 1 aliphatic rings. The molecule has 0 spiro atoms. The van der Waals surface area contributed by atoms with Crippen LogP contribution >= 0.6 is 11.3 Å². The predicted octanol–water partition coefficient (Wildman–Crippen LogP) is 3.30. The van der Waals surface area contributed by atoms with Crippen LogP contribution in [0.15, 0.2) is 17.6 Å². The van der Waals surface area contributed by atoms with Gasteiger partial charge in [-0.1, -0.05) is 0 Å². The second kappa shape index (κ2) is 6.13. The second-order valence-electron chi connectivity index (χ2n) is 6.30. The zero-order chi connectivity index (χ0) is 16.7. The van der Waals surface area contributed by atoms with Crippen molar-refractivity contribution in [2.75, 3.05) is 6.61 Å². The zero-order valence-electron chi connectivity index (χ0n) is 13.5. The average molecular weight is 341 g/mol. The molecule has 1 saturated heterocycles. The normalized spacial score (nSPS) is 22.7. The van der Waals surface area contributed by atoms with Gasteiger partial charge in [0, 0.05) is 0 Å². The van der Waals surface area contributed by atoms with E-state index in [4.69, 9.17) is 20.7 Å². The average Bonchev–Trinajstić information content (AvgIpc) is 3.19. The number of nitrogens with zero attached hydrogens (tertiary/aromatic N) is 4. The van der Waals surface area contributed by atoms with Gasteiger partial charge >= 0.3 is 0 Å². The van der Waals surface area contributed by atoms with Gasteiger partial charge in [-0.3, -0.25) is 4.98 Å². The van der Waals surface area contributed by atoms with Crippen molar-refractivity contribution in [2.45, 2.75) is 44.4 Å². The lowest BCUT2D eigenvalue weighted by atomic mass is 10.0. The molecule has 7 heteroatoms. The largest absolute Gasteiger partial charge is 0.375 e. The molecule has 24 heavy (non-hydrogen) atoms. The van der Waals surface area contributed by atoms with Crippen molar-refractivity contribution >= 4 is 32.6 Å². The second-order valence-corrected chi connectivity index (χ2v) is 7.22. The molecule has 3 unspecified atom stereocenters. The molecule has 1 fully saturated rings. The molecule has 3 aromatic heterocycles. The predicted molar refractivity (Wildman–Crippen MR) is 93.8 cm³/mol. The zero-order valence-corrected chi connectivity index (χ0v) is 14.3. The van der Waals surface area contributed by atoms with Crippen LogP contribution in [0.3, 0.4) is 0 Å². The van der Waals surface area contributed by atoms with Gasteiger partial charge < -0.3 is 15.0 Å². The standard InChI is InChI=1S/C17H19N5OS/c1-10(19)17-21-14-8-20-13-5-7-24-16(13)15(14)22(17)11-2-3-12(4-6-18)23-9-11/h5,7-8,10-12H,2-4,9,19H2,1H3. The fourth-order valence-corrected chi connectivity index (χ4v) is 4.33. The maximum atomic E-state index is 8.85. The van der Waals surface area contributed by atoms with E-state index in [2.05, 4.69) is 21.0 Å². The Morgan fingerprint density at radius 3 is 3.08 bits per heavy atom. The van der Waals surface area contributed by atoms with Gasteiger partial charge in [0.2, 0.25) is 0 Å². The Kier molecular flexibility index (Phi) is 3.96. The summed E-state index contributed by atoms with van der Waals surface area (Å²) >= 11 is 1.68. The van der Waals surface area contributed by atoms with E-state index in [1.807, 2.05) is 19.2 Å². The number of aromatic nitrogens is 3. The first-order valence-corrected chi connectivity index (χ1v) is 9.05. The fourth-order valence-electron chi connectivity index (χ4n) is 3.45. The van der Waals surface area contributed by atoms with E-state index in [-0.39, 0.29) is 18.2 Å². The van der Waals surface area contributed by atoms with Crippen molar-refractivity contribution in [3.63, 3.8) is 0 Å². The molecule has 0 radical (unpaired) electrons. The molecule has 2 N–H and O–H groups in total. The molecule has 3 atom stereocenters. The highest BCUT2D eigenvalue weighted by molar-refractivity contribution is 7.18. The van der Waals surface area contributed by atoms with Crippen molar-refractivity contribution in [3.8, 4) is 6.07 Å². The molecule has 0 amide bonds.